The highest BCUT2D eigenvalue weighted by Gasteiger charge is 2.43. The average Bonchev–Trinajstić information content (AvgIpc) is 3.50. The number of rotatable bonds is 10. The van der Waals surface area contributed by atoms with Gasteiger partial charge in [0.2, 0.25) is 17.7 Å². The standard InChI is InChI=1S/C26H33N3O4.C9H10O/c1-18-9-5-6-12-20(18)17-28-25(33)26(13-7-8-14-26)29-24(32)22(30)16-21(23(27)31)15-19-10-3-2-4-11-19;1-2-6-9-8(4-1)5-3-7-10-9/h2-6,9-12,21-22,30H,7-8,13-17H2,1H3,(H2,27,31)(H,28,33)(H,29,32);1-2,4,6H,3,5,7H2/t21-,22?;/m1./s1. The number of benzene rings is 3. The molecule has 1 aliphatic carbocycles. The average molecular weight is 586 g/mol. The Balaban J connectivity index is 0.000000353. The van der Waals surface area contributed by atoms with E-state index in [1.54, 1.807) is 0 Å². The summed E-state index contributed by atoms with van der Waals surface area (Å²) in [6.07, 6.45) is 3.78. The molecule has 3 aromatic rings. The monoisotopic (exact) mass is 585 g/mol. The van der Waals surface area contributed by atoms with Crippen molar-refractivity contribution >= 4 is 17.7 Å². The molecule has 1 aliphatic heterocycles. The van der Waals surface area contributed by atoms with E-state index in [4.69, 9.17) is 10.5 Å². The number of hydrogen-bond acceptors (Lipinski definition) is 5. The lowest BCUT2D eigenvalue weighted by Gasteiger charge is -2.30. The van der Waals surface area contributed by atoms with Gasteiger partial charge in [0.15, 0.2) is 0 Å². The predicted octanol–water partition coefficient (Wildman–Crippen LogP) is 4.15. The van der Waals surface area contributed by atoms with Crippen molar-refractivity contribution < 1.29 is 24.2 Å². The third kappa shape index (κ3) is 8.91. The van der Waals surface area contributed by atoms with E-state index in [2.05, 4.69) is 22.8 Å². The molecular formula is C35H43N3O5. The minimum atomic E-state index is -1.44. The number of aliphatic hydroxyl groups excluding tert-OH is 1. The molecule has 43 heavy (non-hydrogen) atoms. The summed E-state index contributed by atoms with van der Waals surface area (Å²) >= 11 is 0. The quantitative estimate of drug-likeness (QED) is 0.284. The lowest BCUT2D eigenvalue weighted by molar-refractivity contribution is -0.139. The number of aliphatic hydroxyl groups is 1. The summed E-state index contributed by atoms with van der Waals surface area (Å²) < 4.78 is 5.42. The molecule has 8 heteroatoms. The molecule has 2 atom stereocenters. The first-order valence-corrected chi connectivity index (χ1v) is 15.1. The molecule has 3 aromatic carbocycles. The van der Waals surface area contributed by atoms with Gasteiger partial charge in [-0.15, -0.1) is 0 Å². The summed E-state index contributed by atoms with van der Waals surface area (Å²) in [6, 6.07) is 25.4. The Morgan fingerprint density at radius 1 is 0.930 bits per heavy atom. The number of nitrogens with two attached hydrogens (primary N) is 1. The number of para-hydroxylation sites is 1. The van der Waals surface area contributed by atoms with Gasteiger partial charge in [0.05, 0.1) is 6.61 Å². The number of ether oxygens (including phenoxy) is 1. The molecule has 1 heterocycles. The molecule has 2 aliphatic rings. The van der Waals surface area contributed by atoms with E-state index in [-0.39, 0.29) is 12.3 Å². The van der Waals surface area contributed by atoms with Gasteiger partial charge < -0.3 is 26.2 Å². The second-order valence-corrected chi connectivity index (χ2v) is 11.5. The number of hydrogen-bond donors (Lipinski definition) is 4. The number of amides is 3. The largest absolute Gasteiger partial charge is 0.493 e. The van der Waals surface area contributed by atoms with Gasteiger partial charge in [-0.3, -0.25) is 14.4 Å². The first kappa shape index (κ1) is 31.8. The van der Waals surface area contributed by atoms with Gasteiger partial charge >= 0.3 is 0 Å². The Hall–Kier alpha value is -4.17. The van der Waals surface area contributed by atoms with E-state index in [1.165, 1.54) is 12.0 Å². The normalized spacial score (nSPS) is 16.3. The molecule has 1 fully saturated rings. The lowest BCUT2D eigenvalue weighted by Crippen LogP contribution is -2.59. The van der Waals surface area contributed by atoms with Crippen LogP contribution in [0.4, 0.5) is 0 Å². The van der Waals surface area contributed by atoms with Crippen molar-refractivity contribution in [3.05, 3.63) is 101 Å². The van der Waals surface area contributed by atoms with Gasteiger partial charge in [0.25, 0.3) is 0 Å². The van der Waals surface area contributed by atoms with Crippen LogP contribution < -0.4 is 21.1 Å². The van der Waals surface area contributed by atoms with Gasteiger partial charge in [0.1, 0.15) is 17.4 Å². The Kier molecular flexibility index (Phi) is 11.3. The Morgan fingerprint density at radius 2 is 1.60 bits per heavy atom. The Bertz CT molecular complexity index is 1350. The SMILES string of the molecule is Cc1ccccc1CNC(=O)C1(NC(=O)C(O)C[C@@H](Cc2ccccc2)C(N)=O)CCCC1.c1ccc2c(c1)CCCO2. The summed E-state index contributed by atoms with van der Waals surface area (Å²) in [7, 11) is 0. The fraction of sp³-hybridized carbons (Fsp3) is 0.400. The van der Waals surface area contributed by atoms with Crippen LogP contribution in [0.15, 0.2) is 78.9 Å². The number of carbonyl (C=O) groups is 3. The molecule has 0 bridgehead atoms. The number of carbonyl (C=O) groups excluding carboxylic acids is 3. The summed E-state index contributed by atoms with van der Waals surface area (Å²) in [5.74, 6) is -1.09. The highest BCUT2D eigenvalue weighted by Crippen LogP contribution is 2.30. The van der Waals surface area contributed by atoms with Crippen LogP contribution in [-0.4, -0.2) is 41.1 Å². The van der Waals surface area contributed by atoms with E-state index in [0.29, 0.717) is 25.8 Å². The highest BCUT2D eigenvalue weighted by atomic mass is 16.5. The topological polar surface area (TPSA) is 131 Å². The van der Waals surface area contributed by atoms with Crippen LogP contribution in [0, 0.1) is 12.8 Å². The van der Waals surface area contributed by atoms with Crippen LogP contribution >= 0.6 is 0 Å². The van der Waals surface area contributed by atoms with Crippen LogP contribution in [0.3, 0.4) is 0 Å². The number of primary amides is 1. The third-order valence-electron chi connectivity index (χ3n) is 8.31. The van der Waals surface area contributed by atoms with E-state index < -0.39 is 29.4 Å². The summed E-state index contributed by atoms with van der Waals surface area (Å²) in [5, 5.41) is 16.3. The number of nitrogens with one attached hydrogen (secondary N) is 2. The second kappa shape index (κ2) is 15.3. The van der Waals surface area contributed by atoms with Gasteiger partial charge in [-0.25, -0.2) is 0 Å². The zero-order valence-corrected chi connectivity index (χ0v) is 24.9. The molecule has 5 N–H and O–H groups in total. The molecule has 0 spiro atoms. The smallest absolute Gasteiger partial charge is 0.249 e. The molecule has 0 aromatic heterocycles. The molecule has 1 saturated carbocycles. The Morgan fingerprint density at radius 3 is 2.30 bits per heavy atom. The number of aryl methyl sites for hydroxylation is 2. The van der Waals surface area contributed by atoms with Gasteiger partial charge in [0, 0.05) is 12.5 Å². The minimum Gasteiger partial charge on any atom is -0.493 e. The van der Waals surface area contributed by atoms with Crippen LogP contribution in [0.2, 0.25) is 0 Å². The fourth-order valence-electron chi connectivity index (χ4n) is 5.73. The maximum Gasteiger partial charge on any atom is 0.249 e. The molecule has 5 rings (SSSR count). The van der Waals surface area contributed by atoms with Crippen molar-refractivity contribution in [2.24, 2.45) is 11.7 Å². The summed E-state index contributed by atoms with van der Waals surface area (Å²) in [5.41, 5.74) is 8.82. The van der Waals surface area contributed by atoms with Gasteiger partial charge in [-0.2, -0.15) is 0 Å². The molecular weight excluding hydrogens is 542 g/mol. The van der Waals surface area contributed by atoms with Crippen LogP contribution in [0.1, 0.15) is 60.8 Å². The highest BCUT2D eigenvalue weighted by molar-refractivity contribution is 5.93. The maximum atomic E-state index is 13.1. The zero-order chi connectivity index (χ0) is 30.7. The lowest BCUT2D eigenvalue weighted by atomic mass is 9.91. The van der Waals surface area contributed by atoms with E-state index >= 15 is 0 Å². The van der Waals surface area contributed by atoms with Crippen molar-refractivity contribution in [2.75, 3.05) is 6.61 Å². The van der Waals surface area contributed by atoms with Gasteiger partial charge in [-0.05, 0) is 73.8 Å². The summed E-state index contributed by atoms with van der Waals surface area (Å²) in [4.78, 5) is 37.9. The molecule has 0 saturated heterocycles. The van der Waals surface area contributed by atoms with Crippen LogP contribution in [-0.2, 0) is 33.8 Å². The van der Waals surface area contributed by atoms with Crippen molar-refractivity contribution in [3.8, 4) is 5.75 Å². The van der Waals surface area contributed by atoms with Crippen molar-refractivity contribution in [1.29, 1.82) is 0 Å². The minimum absolute atomic E-state index is 0.100. The first-order valence-electron chi connectivity index (χ1n) is 15.1. The summed E-state index contributed by atoms with van der Waals surface area (Å²) in [6.45, 7) is 3.24. The van der Waals surface area contributed by atoms with Gasteiger partial charge in [-0.1, -0.05) is 85.6 Å². The zero-order valence-electron chi connectivity index (χ0n) is 24.9. The van der Waals surface area contributed by atoms with Crippen LogP contribution in [0.25, 0.3) is 0 Å². The second-order valence-electron chi connectivity index (χ2n) is 11.5. The molecule has 1 unspecified atom stereocenters. The fourth-order valence-corrected chi connectivity index (χ4v) is 5.73. The molecule has 8 nitrogen and oxygen atoms in total. The van der Waals surface area contributed by atoms with Crippen molar-refractivity contribution in [2.45, 2.75) is 76.5 Å². The van der Waals surface area contributed by atoms with Crippen molar-refractivity contribution in [1.82, 2.24) is 10.6 Å². The van der Waals surface area contributed by atoms with E-state index in [0.717, 1.165) is 48.3 Å². The molecule has 0 radical (unpaired) electrons. The van der Waals surface area contributed by atoms with Crippen LogP contribution in [0.5, 0.6) is 5.75 Å². The molecule has 3 amide bonds. The molecule has 228 valence electrons. The van der Waals surface area contributed by atoms with E-state index in [1.807, 2.05) is 73.7 Å². The maximum absolute atomic E-state index is 13.1. The third-order valence-corrected chi connectivity index (χ3v) is 8.31. The first-order chi connectivity index (χ1) is 20.8. The predicted molar refractivity (Wildman–Crippen MR) is 166 cm³/mol. The Labute approximate surface area is 254 Å². The van der Waals surface area contributed by atoms with E-state index in [9.17, 15) is 19.5 Å². The number of fused-ring (bicyclic) bond motifs is 1. The van der Waals surface area contributed by atoms with Crippen molar-refractivity contribution in [3.63, 3.8) is 0 Å².